The van der Waals surface area contributed by atoms with Crippen molar-refractivity contribution < 1.29 is 9.90 Å². The molecule has 2 aromatic rings. The Labute approximate surface area is 112 Å². The Morgan fingerprint density at radius 2 is 2.32 bits per heavy atom. The normalized spacial score (nSPS) is 10.4. The molecule has 0 aromatic carbocycles. The average Bonchev–Trinajstić information content (AvgIpc) is 2.35. The van der Waals surface area contributed by atoms with E-state index < -0.39 is 5.97 Å². The van der Waals surface area contributed by atoms with Gasteiger partial charge in [0, 0.05) is 23.7 Å². The number of nitrogens with one attached hydrogen (secondary N) is 1. The lowest BCUT2D eigenvalue weighted by Crippen LogP contribution is -2.09. The highest BCUT2D eigenvalue weighted by Gasteiger charge is 2.12. The van der Waals surface area contributed by atoms with Crippen LogP contribution in [0.15, 0.2) is 28.5 Å². The van der Waals surface area contributed by atoms with Gasteiger partial charge in [-0.1, -0.05) is 11.8 Å². The molecule has 0 unspecified atom stereocenters. The van der Waals surface area contributed by atoms with E-state index in [0.29, 0.717) is 16.5 Å². The van der Waals surface area contributed by atoms with Gasteiger partial charge in [0.2, 0.25) is 0 Å². The molecule has 0 bridgehead atoms. The van der Waals surface area contributed by atoms with Crippen LogP contribution in [0.2, 0.25) is 0 Å². The van der Waals surface area contributed by atoms with E-state index in [1.807, 2.05) is 0 Å². The van der Waals surface area contributed by atoms with E-state index in [1.165, 1.54) is 30.4 Å². The fourth-order valence-corrected chi connectivity index (χ4v) is 2.29. The summed E-state index contributed by atoms with van der Waals surface area (Å²) in [6.07, 6.45) is 2.53. The first kappa shape index (κ1) is 13.2. The van der Waals surface area contributed by atoms with Gasteiger partial charge >= 0.3 is 5.97 Å². The number of aromatic nitrogens is 4. The molecule has 2 heterocycles. The van der Waals surface area contributed by atoms with Gasteiger partial charge in [0.15, 0.2) is 5.16 Å². The monoisotopic (exact) mass is 278 g/mol. The van der Waals surface area contributed by atoms with Crippen LogP contribution in [-0.2, 0) is 5.75 Å². The molecule has 98 valence electrons. The Morgan fingerprint density at radius 1 is 1.53 bits per heavy atom. The van der Waals surface area contributed by atoms with Crippen LogP contribution in [0.25, 0.3) is 0 Å². The molecule has 0 radical (unpaired) electrons. The third-order valence-corrected chi connectivity index (χ3v) is 3.10. The number of aryl methyl sites for hydroxylation is 1. The highest BCUT2D eigenvalue weighted by molar-refractivity contribution is 7.98. The van der Waals surface area contributed by atoms with Crippen molar-refractivity contribution in [3.63, 3.8) is 0 Å². The molecule has 0 saturated carbocycles. The molecule has 0 aliphatic heterocycles. The van der Waals surface area contributed by atoms with Crippen LogP contribution in [0, 0.1) is 6.92 Å². The van der Waals surface area contributed by atoms with Crippen LogP contribution in [0.1, 0.15) is 21.7 Å². The number of carboxylic acid groups (broad SMARTS) is 1. The maximum absolute atomic E-state index is 11.3. The van der Waals surface area contributed by atoms with Crippen molar-refractivity contribution in [2.75, 3.05) is 0 Å². The number of carboxylic acids is 1. The minimum atomic E-state index is -1.08. The van der Waals surface area contributed by atoms with Crippen molar-refractivity contribution in [1.29, 1.82) is 0 Å². The molecule has 2 N–H and O–H groups in total. The van der Waals surface area contributed by atoms with Gasteiger partial charge in [-0.05, 0) is 6.92 Å². The summed E-state index contributed by atoms with van der Waals surface area (Å²) in [7, 11) is 0. The molecule has 0 spiro atoms. The summed E-state index contributed by atoms with van der Waals surface area (Å²) in [6, 6.07) is 1.39. The third-order valence-electron chi connectivity index (χ3n) is 2.22. The summed E-state index contributed by atoms with van der Waals surface area (Å²) >= 11 is 1.21. The number of hydrogen-bond donors (Lipinski definition) is 2. The highest BCUT2D eigenvalue weighted by Crippen LogP contribution is 2.18. The van der Waals surface area contributed by atoms with Gasteiger partial charge in [0.1, 0.15) is 11.9 Å². The largest absolute Gasteiger partial charge is 0.478 e. The number of thioether (sulfide) groups is 1. The van der Waals surface area contributed by atoms with Gasteiger partial charge in [-0.25, -0.2) is 19.7 Å². The number of hydrogen-bond acceptors (Lipinski definition) is 6. The van der Waals surface area contributed by atoms with Crippen LogP contribution in [-0.4, -0.2) is 31.0 Å². The topological polar surface area (TPSA) is 109 Å². The van der Waals surface area contributed by atoms with E-state index in [-0.39, 0.29) is 16.9 Å². The number of carbonyl (C=O) groups is 1. The molecular weight excluding hydrogens is 268 g/mol. The summed E-state index contributed by atoms with van der Waals surface area (Å²) in [5, 5.41) is 9.42. The lowest BCUT2D eigenvalue weighted by atomic mass is 10.2. The Hall–Kier alpha value is -2.22. The predicted octanol–water partition coefficient (Wildman–Crippen LogP) is 0.859. The number of rotatable bonds is 4. The number of H-pyrrole nitrogens is 1. The van der Waals surface area contributed by atoms with Crippen LogP contribution in [0.3, 0.4) is 0 Å². The van der Waals surface area contributed by atoms with Crippen LogP contribution >= 0.6 is 11.8 Å². The molecule has 0 aliphatic carbocycles. The van der Waals surface area contributed by atoms with Crippen molar-refractivity contribution in [1.82, 2.24) is 19.9 Å². The Balaban J connectivity index is 2.19. The summed E-state index contributed by atoms with van der Waals surface area (Å²) in [5.41, 5.74) is 0.796. The van der Waals surface area contributed by atoms with E-state index in [0.717, 1.165) is 0 Å². The zero-order valence-electron chi connectivity index (χ0n) is 9.95. The number of aromatic amines is 1. The number of aromatic carboxylic acids is 1. The maximum atomic E-state index is 11.3. The molecule has 0 atom stereocenters. The van der Waals surface area contributed by atoms with Gasteiger partial charge in [-0.3, -0.25) is 4.79 Å². The first-order chi connectivity index (χ1) is 9.06. The molecular formula is C11H10N4O3S. The Morgan fingerprint density at radius 3 is 3.00 bits per heavy atom. The SMILES string of the molecule is Cc1cc(=O)[nH]c(SCc2ncncc2C(=O)O)n1. The maximum Gasteiger partial charge on any atom is 0.339 e. The molecule has 8 heteroatoms. The quantitative estimate of drug-likeness (QED) is 0.630. The second-order valence-electron chi connectivity index (χ2n) is 3.67. The van der Waals surface area contributed by atoms with Crippen LogP contribution in [0.4, 0.5) is 0 Å². The summed E-state index contributed by atoms with van der Waals surface area (Å²) in [4.78, 5) is 36.6. The predicted molar refractivity (Wildman–Crippen MR) is 68.1 cm³/mol. The first-order valence-electron chi connectivity index (χ1n) is 5.29. The minimum Gasteiger partial charge on any atom is -0.478 e. The summed E-state index contributed by atoms with van der Waals surface area (Å²) < 4.78 is 0. The lowest BCUT2D eigenvalue weighted by molar-refractivity contribution is 0.0695. The molecule has 0 saturated heterocycles. The van der Waals surface area contributed by atoms with Gasteiger partial charge in [-0.15, -0.1) is 0 Å². The summed E-state index contributed by atoms with van der Waals surface area (Å²) in [6.45, 7) is 1.71. The molecule has 2 aromatic heterocycles. The molecule has 7 nitrogen and oxygen atoms in total. The second kappa shape index (κ2) is 5.61. The fraction of sp³-hybridized carbons (Fsp3) is 0.182. The van der Waals surface area contributed by atoms with Crippen molar-refractivity contribution in [3.05, 3.63) is 45.9 Å². The second-order valence-corrected chi connectivity index (χ2v) is 4.63. The van der Waals surface area contributed by atoms with Gasteiger partial charge in [0.05, 0.1) is 5.69 Å². The van der Waals surface area contributed by atoms with Crippen LogP contribution in [0.5, 0.6) is 0 Å². The molecule has 0 aliphatic rings. The fourth-order valence-electron chi connectivity index (χ4n) is 1.41. The molecule has 0 fully saturated rings. The van der Waals surface area contributed by atoms with Gasteiger partial charge < -0.3 is 10.1 Å². The third kappa shape index (κ3) is 3.38. The lowest BCUT2D eigenvalue weighted by Gasteiger charge is -2.04. The van der Waals surface area contributed by atoms with E-state index in [4.69, 9.17) is 5.11 Å². The number of nitrogens with zero attached hydrogens (tertiary/aromatic N) is 3. The standard InChI is InChI=1S/C11H10N4O3S/c1-6-2-9(16)15-11(14-6)19-4-8-7(10(17)18)3-12-5-13-8/h2-3,5H,4H2,1H3,(H,17,18)(H,14,15,16). The summed E-state index contributed by atoms with van der Waals surface area (Å²) in [5.74, 6) is -0.793. The minimum absolute atomic E-state index is 0.0463. The van der Waals surface area contributed by atoms with Gasteiger partial charge in [-0.2, -0.15) is 0 Å². The average molecular weight is 278 g/mol. The first-order valence-corrected chi connectivity index (χ1v) is 6.28. The van der Waals surface area contributed by atoms with E-state index in [9.17, 15) is 9.59 Å². The van der Waals surface area contributed by atoms with Crippen molar-refractivity contribution in [2.45, 2.75) is 17.8 Å². The van der Waals surface area contributed by atoms with Crippen LogP contribution < -0.4 is 5.56 Å². The van der Waals surface area contributed by atoms with Crippen molar-refractivity contribution in [2.24, 2.45) is 0 Å². The van der Waals surface area contributed by atoms with Crippen molar-refractivity contribution >= 4 is 17.7 Å². The molecule has 19 heavy (non-hydrogen) atoms. The highest BCUT2D eigenvalue weighted by atomic mass is 32.2. The zero-order chi connectivity index (χ0) is 13.8. The van der Waals surface area contributed by atoms with Gasteiger partial charge in [0.25, 0.3) is 5.56 Å². The van der Waals surface area contributed by atoms with E-state index in [1.54, 1.807) is 6.92 Å². The molecule has 0 amide bonds. The Bertz CT molecular complexity index is 671. The van der Waals surface area contributed by atoms with E-state index >= 15 is 0 Å². The van der Waals surface area contributed by atoms with Crippen molar-refractivity contribution in [3.8, 4) is 0 Å². The zero-order valence-corrected chi connectivity index (χ0v) is 10.8. The molecule has 2 rings (SSSR count). The smallest absolute Gasteiger partial charge is 0.339 e. The Kier molecular flexibility index (Phi) is 3.91. The van der Waals surface area contributed by atoms with E-state index in [2.05, 4.69) is 19.9 Å².